The van der Waals surface area contributed by atoms with Crippen LogP contribution in [0.4, 0.5) is 0 Å². The summed E-state index contributed by atoms with van der Waals surface area (Å²) in [6, 6.07) is 7.40. The fourth-order valence-corrected chi connectivity index (χ4v) is 8.45. The number of hydrogen-bond donors (Lipinski definition) is 0. The van der Waals surface area contributed by atoms with Gasteiger partial charge < -0.3 is 0 Å². The quantitative estimate of drug-likeness (QED) is 0.138. The molecule has 0 nitrogen and oxygen atoms in total. The van der Waals surface area contributed by atoms with Crippen molar-refractivity contribution in [3.05, 3.63) is 47.0 Å². The zero-order chi connectivity index (χ0) is 30.7. The summed E-state index contributed by atoms with van der Waals surface area (Å²) in [6.07, 6.45) is 17.6. The van der Waals surface area contributed by atoms with Gasteiger partial charge in [0.15, 0.2) is 0 Å². The second-order valence-electron chi connectivity index (χ2n) is 15.8. The maximum absolute atomic E-state index is 4.26. The zero-order valence-electron chi connectivity index (χ0n) is 29.8. The summed E-state index contributed by atoms with van der Waals surface area (Å²) >= 11 is 0. The number of unbranched alkanes of at least 4 members (excludes halogenated alkanes) is 3. The number of rotatable bonds is 16. The highest BCUT2D eigenvalue weighted by Gasteiger charge is 2.55. The first-order valence-corrected chi connectivity index (χ1v) is 18.1. The average molecular weight is 565 g/mol. The smallest absolute Gasteiger partial charge is 0.0183 e. The first kappa shape index (κ1) is 36.2. The molecular formula is C41H72. The molecule has 2 aliphatic rings. The van der Waals surface area contributed by atoms with Gasteiger partial charge in [-0.05, 0) is 134 Å². The van der Waals surface area contributed by atoms with E-state index in [1.54, 1.807) is 16.7 Å². The summed E-state index contributed by atoms with van der Waals surface area (Å²) in [5.41, 5.74) is 6.86. The molecule has 2 fully saturated rings. The van der Waals surface area contributed by atoms with Crippen molar-refractivity contribution in [2.75, 3.05) is 0 Å². The number of fused-ring (bicyclic) bond motifs is 1. The lowest BCUT2D eigenvalue weighted by Gasteiger charge is -2.51. The lowest BCUT2D eigenvalue weighted by Crippen LogP contribution is -2.44. The third kappa shape index (κ3) is 10.3. The van der Waals surface area contributed by atoms with Gasteiger partial charge in [-0.15, -0.1) is 0 Å². The molecule has 7 unspecified atom stereocenters. The molecular weight excluding hydrogens is 492 g/mol. The van der Waals surface area contributed by atoms with Crippen molar-refractivity contribution in [1.29, 1.82) is 0 Å². The highest BCUT2D eigenvalue weighted by Crippen LogP contribution is 2.63. The molecule has 7 atom stereocenters. The normalized spacial score (nSPS) is 25.7. The van der Waals surface area contributed by atoms with Crippen molar-refractivity contribution >= 4 is 0 Å². The summed E-state index contributed by atoms with van der Waals surface area (Å²) < 4.78 is 0. The van der Waals surface area contributed by atoms with Gasteiger partial charge in [0.25, 0.3) is 0 Å². The van der Waals surface area contributed by atoms with E-state index in [1.165, 1.54) is 82.6 Å². The Labute approximate surface area is 259 Å². The van der Waals surface area contributed by atoms with E-state index in [2.05, 4.69) is 101 Å². The molecule has 0 spiro atoms. The molecule has 0 radical (unpaired) electrons. The molecule has 0 bridgehead atoms. The van der Waals surface area contributed by atoms with Crippen LogP contribution in [0.5, 0.6) is 0 Å². The Morgan fingerprint density at radius 2 is 1.61 bits per heavy atom. The Morgan fingerprint density at radius 3 is 2.12 bits per heavy atom. The zero-order valence-corrected chi connectivity index (χ0v) is 29.8. The van der Waals surface area contributed by atoms with E-state index >= 15 is 0 Å². The molecule has 0 heteroatoms. The van der Waals surface area contributed by atoms with Crippen LogP contribution in [0.25, 0.3) is 0 Å². The highest BCUT2D eigenvalue weighted by molar-refractivity contribution is 5.32. The topological polar surface area (TPSA) is 0 Å². The van der Waals surface area contributed by atoms with E-state index in [-0.39, 0.29) is 0 Å². The fourth-order valence-electron chi connectivity index (χ4n) is 8.45. The number of aryl methyl sites for hydroxylation is 2. The molecule has 0 aliphatic heterocycles. The van der Waals surface area contributed by atoms with Crippen LogP contribution in [0.1, 0.15) is 157 Å². The van der Waals surface area contributed by atoms with Crippen LogP contribution >= 0.6 is 0 Å². The minimum absolute atomic E-state index is 0.671. The lowest BCUT2D eigenvalue weighted by atomic mass is 9.53. The van der Waals surface area contributed by atoms with Gasteiger partial charge in [0, 0.05) is 0 Å². The van der Waals surface area contributed by atoms with Crippen molar-refractivity contribution in [3.63, 3.8) is 0 Å². The standard InChI is InChI=1S/C31H54.C10H18/c1-10-12-13-14-15-30-22-27(17-19-28(30)11-2)21-29(23(3)4)18-16-26(9)20-31(24(5)6)25(7)8;1-7-4-5-9-6-8(2)10(7,9)3/h17,19,22-23,25-26,29,31H,5,10-16,18,20-21H2,1-4,6-9H3;7-9H,4-6H2,1-3H3. The van der Waals surface area contributed by atoms with Gasteiger partial charge in [-0.25, -0.2) is 0 Å². The van der Waals surface area contributed by atoms with Crippen LogP contribution in [0, 0.1) is 52.8 Å². The van der Waals surface area contributed by atoms with Crippen molar-refractivity contribution < 1.29 is 0 Å². The van der Waals surface area contributed by atoms with Crippen molar-refractivity contribution in [2.24, 2.45) is 52.8 Å². The Kier molecular flexibility index (Phi) is 15.3. The van der Waals surface area contributed by atoms with Crippen LogP contribution in [0.15, 0.2) is 30.4 Å². The summed E-state index contributed by atoms with van der Waals surface area (Å²) in [7, 11) is 0. The number of hydrogen-bond acceptors (Lipinski definition) is 0. The average Bonchev–Trinajstić information content (AvgIpc) is 3.16. The van der Waals surface area contributed by atoms with Crippen molar-refractivity contribution in [2.45, 2.75) is 160 Å². The van der Waals surface area contributed by atoms with E-state index in [1.807, 2.05) is 0 Å². The Bertz CT molecular complexity index is 879. The Balaban J connectivity index is 0.000000484. The predicted octanol–water partition coefficient (Wildman–Crippen LogP) is 12.9. The number of allylic oxidation sites excluding steroid dienone is 1. The number of benzene rings is 1. The fraction of sp³-hybridized carbons (Fsp3) is 0.805. The predicted molar refractivity (Wildman–Crippen MR) is 186 cm³/mol. The highest BCUT2D eigenvalue weighted by atomic mass is 14.6. The van der Waals surface area contributed by atoms with Gasteiger partial charge in [0.2, 0.25) is 0 Å². The third-order valence-corrected chi connectivity index (χ3v) is 12.1. The molecule has 0 heterocycles. The molecule has 2 saturated carbocycles. The summed E-state index contributed by atoms with van der Waals surface area (Å²) in [5.74, 6) is 6.78. The van der Waals surface area contributed by atoms with Crippen molar-refractivity contribution in [1.82, 2.24) is 0 Å². The summed E-state index contributed by atoms with van der Waals surface area (Å²) in [5, 5.41) is 0. The summed E-state index contributed by atoms with van der Waals surface area (Å²) in [6.45, 7) is 30.5. The molecule has 1 aromatic carbocycles. The third-order valence-electron chi connectivity index (χ3n) is 12.1. The van der Waals surface area contributed by atoms with Gasteiger partial charge in [-0.1, -0.05) is 125 Å². The largest absolute Gasteiger partial charge is 0.0999 e. The first-order valence-electron chi connectivity index (χ1n) is 18.1. The maximum Gasteiger partial charge on any atom is -0.0183 e. The second kappa shape index (κ2) is 17.3. The van der Waals surface area contributed by atoms with Gasteiger partial charge in [-0.2, -0.15) is 0 Å². The van der Waals surface area contributed by atoms with Crippen LogP contribution < -0.4 is 0 Å². The van der Waals surface area contributed by atoms with Crippen LogP contribution in [-0.2, 0) is 19.3 Å². The lowest BCUT2D eigenvalue weighted by molar-refractivity contribution is -0.0282. The first-order chi connectivity index (χ1) is 19.3. The monoisotopic (exact) mass is 565 g/mol. The molecule has 0 saturated heterocycles. The van der Waals surface area contributed by atoms with Gasteiger partial charge in [0.1, 0.15) is 0 Å². The molecule has 236 valence electrons. The molecule has 2 aliphatic carbocycles. The van der Waals surface area contributed by atoms with E-state index in [9.17, 15) is 0 Å². The van der Waals surface area contributed by atoms with E-state index in [0.717, 1.165) is 47.3 Å². The second-order valence-corrected chi connectivity index (χ2v) is 15.8. The molecule has 0 N–H and O–H groups in total. The molecule has 0 aromatic heterocycles. The van der Waals surface area contributed by atoms with Gasteiger partial charge in [0.05, 0.1) is 0 Å². The molecule has 41 heavy (non-hydrogen) atoms. The Hall–Kier alpha value is -1.04. The molecule has 1 aromatic rings. The Morgan fingerprint density at radius 1 is 0.902 bits per heavy atom. The minimum Gasteiger partial charge on any atom is -0.0999 e. The van der Waals surface area contributed by atoms with E-state index < -0.39 is 0 Å². The van der Waals surface area contributed by atoms with Gasteiger partial charge in [-0.3, -0.25) is 0 Å². The van der Waals surface area contributed by atoms with Crippen LogP contribution in [-0.4, -0.2) is 0 Å². The molecule has 3 rings (SSSR count). The SMILES string of the molecule is C=C(C)C(CC(C)CCC(Cc1ccc(CC)c(CCCCCC)c1)C(C)C)C(C)C.CC1CCC2CC(C)C12C. The van der Waals surface area contributed by atoms with E-state index in [0.29, 0.717) is 11.8 Å². The van der Waals surface area contributed by atoms with Crippen LogP contribution in [0.3, 0.4) is 0 Å². The van der Waals surface area contributed by atoms with E-state index in [4.69, 9.17) is 0 Å². The minimum atomic E-state index is 0.671. The van der Waals surface area contributed by atoms with Gasteiger partial charge >= 0.3 is 0 Å². The summed E-state index contributed by atoms with van der Waals surface area (Å²) in [4.78, 5) is 0. The van der Waals surface area contributed by atoms with Crippen molar-refractivity contribution in [3.8, 4) is 0 Å². The maximum atomic E-state index is 4.26. The molecule has 0 amide bonds. The van der Waals surface area contributed by atoms with Crippen LogP contribution in [0.2, 0.25) is 0 Å².